The van der Waals surface area contributed by atoms with Crippen LogP contribution in [0.5, 0.6) is 0 Å². The fraction of sp³-hybridized carbons (Fsp3) is 0.467. The van der Waals surface area contributed by atoms with Crippen molar-refractivity contribution in [2.45, 2.75) is 32.2 Å². The second-order valence-electron chi connectivity index (χ2n) is 5.28. The highest BCUT2D eigenvalue weighted by molar-refractivity contribution is 5.98. The van der Waals surface area contributed by atoms with Gasteiger partial charge in [-0.3, -0.25) is 4.79 Å². The molecule has 0 aliphatic carbocycles. The van der Waals surface area contributed by atoms with Gasteiger partial charge in [0, 0.05) is 25.3 Å². The second-order valence-corrected chi connectivity index (χ2v) is 5.28. The number of carbonyl (C=O) groups excluding carboxylic acids is 1. The van der Waals surface area contributed by atoms with Gasteiger partial charge >= 0.3 is 5.97 Å². The molecule has 1 aromatic rings. The molecule has 5 heteroatoms. The van der Waals surface area contributed by atoms with Crippen LogP contribution in [-0.2, 0) is 4.79 Å². The van der Waals surface area contributed by atoms with Gasteiger partial charge in [-0.15, -0.1) is 0 Å². The number of anilines is 1. The van der Waals surface area contributed by atoms with Gasteiger partial charge in [-0.1, -0.05) is 13.3 Å². The zero-order chi connectivity index (χ0) is 15.3. The van der Waals surface area contributed by atoms with Gasteiger partial charge in [0.25, 0.3) is 5.91 Å². The molecule has 0 saturated carbocycles. The molecule has 0 aromatic heterocycles. The van der Waals surface area contributed by atoms with E-state index < -0.39 is 11.5 Å². The molecule has 110 valence electrons. The molecule has 1 aromatic carbocycles. The van der Waals surface area contributed by atoms with Crippen LogP contribution in [0.2, 0.25) is 0 Å². The molecule has 0 heterocycles. The molecule has 0 saturated heterocycles. The van der Waals surface area contributed by atoms with Gasteiger partial charge in [0.05, 0.1) is 0 Å². The Bertz CT molecular complexity index is 482. The van der Waals surface area contributed by atoms with E-state index in [9.17, 15) is 14.7 Å². The van der Waals surface area contributed by atoms with Crippen LogP contribution in [0.4, 0.5) is 5.69 Å². The average molecular weight is 278 g/mol. The standard InChI is InChI=1S/C15H22N2O3/c1-5-10-15(2,14(19)20)16-13(18)11-6-8-12(9-7-11)17(3)4/h6-9H,5,10H2,1-4H3,(H,16,18)(H,19,20). The predicted octanol–water partition coefficient (Wildman–Crippen LogP) is 2.13. The van der Waals surface area contributed by atoms with Crippen LogP contribution in [0.3, 0.4) is 0 Å². The van der Waals surface area contributed by atoms with Crippen molar-refractivity contribution in [1.29, 1.82) is 0 Å². The summed E-state index contributed by atoms with van der Waals surface area (Å²) in [5, 5.41) is 11.9. The lowest BCUT2D eigenvalue weighted by Crippen LogP contribution is -2.52. The molecular weight excluding hydrogens is 256 g/mol. The normalized spacial score (nSPS) is 13.4. The van der Waals surface area contributed by atoms with E-state index in [1.165, 1.54) is 6.92 Å². The number of aliphatic carboxylic acids is 1. The first-order valence-corrected chi connectivity index (χ1v) is 6.63. The highest BCUT2D eigenvalue weighted by Crippen LogP contribution is 2.16. The number of benzene rings is 1. The summed E-state index contributed by atoms with van der Waals surface area (Å²) in [7, 11) is 3.83. The number of hydrogen-bond donors (Lipinski definition) is 2. The van der Waals surface area contributed by atoms with Crippen molar-refractivity contribution in [3.05, 3.63) is 29.8 Å². The largest absolute Gasteiger partial charge is 0.480 e. The Morgan fingerprint density at radius 2 is 1.80 bits per heavy atom. The van der Waals surface area contributed by atoms with E-state index in [1.54, 1.807) is 12.1 Å². The molecule has 0 aliphatic rings. The number of carboxylic acid groups (broad SMARTS) is 1. The van der Waals surface area contributed by atoms with Crippen molar-refractivity contribution < 1.29 is 14.7 Å². The summed E-state index contributed by atoms with van der Waals surface area (Å²) in [5.74, 6) is -1.38. The monoisotopic (exact) mass is 278 g/mol. The summed E-state index contributed by atoms with van der Waals surface area (Å²) in [6.07, 6.45) is 1.08. The number of rotatable bonds is 6. The van der Waals surface area contributed by atoms with E-state index in [4.69, 9.17) is 0 Å². The van der Waals surface area contributed by atoms with E-state index in [0.717, 1.165) is 5.69 Å². The van der Waals surface area contributed by atoms with Crippen molar-refractivity contribution in [2.75, 3.05) is 19.0 Å². The molecule has 1 unspecified atom stereocenters. The maximum atomic E-state index is 12.1. The second kappa shape index (κ2) is 6.41. The zero-order valence-corrected chi connectivity index (χ0v) is 12.4. The van der Waals surface area contributed by atoms with Crippen molar-refractivity contribution in [3.63, 3.8) is 0 Å². The van der Waals surface area contributed by atoms with Crippen molar-refractivity contribution >= 4 is 17.6 Å². The highest BCUT2D eigenvalue weighted by Gasteiger charge is 2.33. The molecule has 1 rings (SSSR count). The lowest BCUT2D eigenvalue weighted by atomic mass is 9.95. The Balaban J connectivity index is 2.87. The van der Waals surface area contributed by atoms with Gasteiger partial charge in [-0.25, -0.2) is 4.79 Å². The summed E-state index contributed by atoms with van der Waals surface area (Å²) in [6.45, 7) is 3.42. The van der Waals surface area contributed by atoms with E-state index >= 15 is 0 Å². The summed E-state index contributed by atoms with van der Waals surface area (Å²) >= 11 is 0. The zero-order valence-electron chi connectivity index (χ0n) is 12.4. The number of amides is 1. The van der Waals surface area contributed by atoms with Gasteiger partial charge in [0.1, 0.15) is 5.54 Å². The van der Waals surface area contributed by atoms with Crippen LogP contribution in [0.15, 0.2) is 24.3 Å². The molecule has 1 amide bonds. The molecule has 2 N–H and O–H groups in total. The summed E-state index contributed by atoms with van der Waals surface area (Å²) in [6, 6.07) is 7.04. The molecule has 0 radical (unpaired) electrons. The maximum absolute atomic E-state index is 12.1. The first-order chi connectivity index (χ1) is 9.30. The minimum Gasteiger partial charge on any atom is -0.480 e. The van der Waals surface area contributed by atoms with Crippen LogP contribution in [-0.4, -0.2) is 36.6 Å². The predicted molar refractivity (Wildman–Crippen MR) is 79.2 cm³/mol. The lowest BCUT2D eigenvalue weighted by molar-refractivity contribution is -0.144. The van der Waals surface area contributed by atoms with Crippen LogP contribution in [0.1, 0.15) is 37.0 Å². The minimum atomic E-state index is -1.23. The van der Waals surface area contributed by atoms with Gasteiger partial charge in [-0.05, 0) is 37.6 Å². The summed E-state index contributed by atoms with van der Waals surface area (Å²) in [5.41, 5.74) is 0.210. The minimum absolute atomic E-state index is 0.367. The maximum Gasteiger partial charge on any atom is 0.329 e. The number of carbonyl (C=O) groups is 2. The Morgan fingerprint density at radius 1 is 1.25 bits per heavy atom. The SMILES string of the molecule is CCCC(C)(NC(=O)c1ccc(N(C)C)cc1)C(=O)O. The Labute approximate surface area is 119 Å². The third-order valence-corrected chi connectivity index (χ3v) is 3.26. The first kappa shape index (κ1) is 16.0. The molecule has 0 aliphatic heterocycles. The van der Waals surface area contributed by atoms with Gasteiger partial charge in [0.2, 0.25) is 0 Å². The molecular formula is C15H22N2O3. The molecule has 0 bridgehead atoms. The highest BCUT2D eigenvalue weighted by atomic mass is 16.4. The van der Waals surface area contributed by atoms with Crippen molar-refractivity contribution in [3.8, 4) is 0 Å². The molecule has 0 spiro atoms. The first-order valence-electron chi connectivity index (χ1n) is 6.63. The molecule has 20 heavy (non-hydrogen) atoms. The van der Waals surface area contributed by atoms with E-state index in [-0.39, 0.29) is 5.91 Å². The van der Waals surface area contributed by atoms with Crippen LogP contribution in [0.25, 0.3) is 0 Å². The van der Waals surface area contributed by atoms with Crippen molar-refractivity contribution in [2.24, 2.45) is 0 Å². The Morgan fingerprint density at radius 3 is 2.20 bits per heavy atom. The van der Waals surface area contributed by atoms with E-state index in [2.05, 4.69) is 5.32 Å². The number of nitrogens with one attached hydrogen (secondary N) is 1. The van der Waals surface area contributed by atoms with Crippen molar-refractivity contribution in [1.82, 2.24) is 5.32 Å². The topological polar surface area (TPSA) is 69.6 Å². The van der Waals surface area contributed by atoms with Crippen LogP contribution in [0, 0.1) is 0 Å². The average Bonchev–Trinajstić information content (AvgIpc) is 2.38. The van der Waals surface area contributed by atoms with Crippen LogP contribution >= 0.6 is 0 Å². The van der Waals surface area contributed by atoms with E-state index in [1.807, 2.05) is 38.1 Å². The van der Waals surface area contributed by atoms with Crippen LogP contribution < -0.4 is 10.2 Å². The third-order valence-electron chi connectivity index (χ3n) is 3.26. The lowest BCUT2D eigenvalue weighted by Gasteiger charge is -2.25. The fourth-order valence-corrected chi connectivity index (χ4v) is 1.96. The fourth-order valence-electron chi connectivity index (χ4n) is 1.96. The van der Waals surface area contributed by atoms with Gasteiger partial charge in [-0.2, -0.15) is 0 Å². The molecule has 5 nitrogen and oxygen atoms in total. The smallest absolute Gasteiger partial charge is 0.329 e. The molecule has 1 atom stereocenters. The number of hydrogen-bond acceptors (Lipinski definition) is 3. The number of nitrogens with zero attached hydrogens (tertiary/aromatic N) is 1. The summed E-state index contributed by atoms with van der Waals surface area (Å²) < 4.78 is 0. The quantitative estimate of drug-likeness (QED) is 0.836. The Hall–Kier alpha value is -2.04. The Kier molecular flexibility index (Phi) is 5.13. The molecule has 0 fully saturated rings. The third kappa shape index (κ3) is 3.73. The number of carboxylic acids is 1. The summed E-state index contributed by atoms with van der Waals surface area (Å²) in [4.78, 5) is 25.4. The van der Waals surface area contributed by atoms with Gasteiger partial charge in [0.15, 0.2) is 0 Å². The van der Waals surface area contributed by atoms with Gasteiger partial charge < -0.3 is 15.3 Å². The van der Waals surface area contributed by atoms with E-state index in [0.29, 0.717) is 18.4 Å².